The summed E-state index contributed by atoms with van der Waals surface area (Å²) in [5.41, 5.74) is 0.324. The molecular formula is C15H24N2O2S. The van der Waals surface area contributed by atoms with E-state index in [2.05, 4.69) is 10.6 Å². The number of hydrogen-bond acceptors (Lipinski definition) is 4. The lowest BCUT2D eigenvalue weighted by molar-refractivity contribution is -0.114. The number of carbonyl (C=O) groups is 1. The minimum Gasteiger partial charge on any atom is -0.389 e. The molecule has 5 heteroatoms. The Morgan fingerprint density at radius 1 is 1.35 bits per heavy atom. The van der Waals surface area contributed by atoms with E-state index in [1.54, 1.807) is 11.3 Å². The Kier molecular flexibility index (Phi) is 5.57. The van der Waals surface area contributed by atoms with E-state index >= 15 is 0 Å². The van der Waals surface area contributed by atoms with Crippen LogP contribution >= 0.6 is 11.3 Å². The fourth-order valence-corrected chi connectivity index (χ4v) is 3.55. The molecule has 1 fully saturated rings. The van der Waals surface area contributed by atoms with E-state index in [1.807, 2.05) is 11.4 Å². The first-order valence-electron chi connectivity index (χ1n) is 7.36. The molecule has 0 unspecified atom stereocenters. The monoisotopic (exact) mass is 296 g/mol. The molecule has 1 aliphatic carbocycles. The predicted octanol–water partition coefficient (Wildman–Crippen LogP) is 2.88. The van der Waals surface area contributed by atoms with Crippen molar-refractivity contribution in [2.75, 3.05) is 11.9 Å². The molecule has 0 aliphatic heterocycles. The number of hydrogen-bond donors (Lipinski definition) is 3. The van der Waals surface area contributed by atoms with Crippen LogP contribution in [0.15, 0.2) is 11.4 Å². The molecule has 20 heavy (non-hydrogen) atoms. The minimum atomic E-state index is -0.554. The second-order valence-corrected chi connectivity index (χ2v) is 6.68. The highest BCUT2D eigenvalue weighted by atomic mass is 32.1. The van der Waals surface area contributed by atoms with Gasteiger partial charge in [-0.3, -0.25) is 4.79 Å². The molecule has 4 nitrogen and oxygen atoms in total. The summed E-state index contributed by atoms with van der Waals surface area (Å²) in [6.07, 6.45) is 6.49. The van der Waals surface area contributed by atoms with Crippen LogP contribution < -0.4 is 10.6 Å². The van der Waals surface area contributed by atoms with Gasteiger partial charge in [0.15, 0.2) is 0 Å². The molecule has 0 bridgehead atoms. The van der Waals surface area contributed by atoms with Gasteiger partial charge in [0.05, 0.1) is 11.3 Å². The highest BCUT2D eigenvalue weighted by Crippen LogP contribution is 2.27. The second kappa shape index (κ2) is 7.20. The Morgan fingerprint density at radius 3 is 2.70 bits per heavy atom. The van der Waals surface area contributed by atoms with Crippen molar-refractivity contribution in [3.05, 3.63) is 16.3 Å². The third kappa shape index (κ3) is 4.58. The van der Waals surface area contributed by atoms with E-state index in [0.29, 0.717) is 13.1 Å². The maximum Gasteiger partial charge on any atom is 0.221 e. The molecule has 1 aromatic rings. The first-order valence-corrected chi connectivity index (χ1v) is 8.24. The van der Waals surface area contributed by atoms with Crippen molar-refractivity contribution < 1.29 is 9.90 Å². The number of thiophene rings is 1. The summed E-state index contributed by atoms with van der Waals surface area (Å²) in [4.78, 5) is 12.2. The molecule has 1 saturated carbocycles. The standard InChI is InChI=1S/C15H24N2O2S/c1-12(18)17-13-6-9-20-14(13)10-16-11-15(19)7-4-2-3-5-8-15/h6,9,16,19H,2-5,7-8,10-11H2,1H3,(H,17,18). The molecule has 3 N–H and O–H groups in total. The Balaban J connectivity index is 1.83. The number of nitrogens with one attached hydrogen (secondary N) is 2. The zero-order valence-corrected chi connectivity index (χ0v) is 12.9. The van der Waals surface area contributed by atoms with Gasteiger partial charge < -0.3 is 15.7 Å². The molecule has 1 aromatic heterocycles. The summed E-state index contributed by atoms with van der Waals surface area (Å²) in [5, 5.41) is 18.7. The average Bonchev–Trinajstić information content (AvgIpc) is 2.69. The van der Waals surface area contributed by atoms with Crippen LogP contribution in [0.3, 0.4) is 0 Å². The van der Waals surface area contributed by atoms with Gasteiger partial charge in [-0.25, -0.2) is 0 Å². The van der Waals surface area contributed by atoms with Gasteiger partial charge in [0.1, 0.15) is 0 Å². The van der Waals surface area contributed by atoms with Crippen LogP contribution in [0.25, 0.3) is 0 Å². The lowest BCUT2D eigenvalue weighted by atomic mass is 9.94. The fourth-order valence-electron chi connectivity index (χ4n) is 2.75. The topological polar surface area (TPSA) is 61.4 Å². The van der Waals surface area contributed by atoms with Crippen LogP contribution in [0.5, 0.6) is 0 Å². The third-order valence-corrected chi connectivity index (χ3v) is 4.75. The smallest absolute Gasteiger partial charge is 0.221 e. The van der Waals surface area contributed by atoms with Crippen molar-refractivity contribution in [1.82, 2.24) is 5.32 Å². The molecule has 0 saturated heterocycles. The molecule has 0 atom stereocenters. The summed E-state index contributed by atoms with van der Waals surface area (Å²) in [7, 11) is 0. The molecule has 2 rings (SSSR count). The normalized spacial score (nSPS) is 18.5. The van der Waals surface area contributed by atoms with E-state index in [1.165, 1.54) is 19.8 Å². The maximum atomic E-state index is 11.1. The van der Waals surface area contributed by atoms with Crippen molar-refractivity contribution in [2.45, 2.75) is 57.6 Å². The highest BCUT2D eigenvalue weighted by Gasteiger charge is 2.27. The Bertz CT molecular complexity index is 437. The molecular weight excluding hydrogens is 272 g/mol. The highest BCUT2D eigenvalue weighted by molar-refractivity contribution is 7.10. The van der Waals surface area contributed by atoms with Gasteiger partial charge in [-0.2, -0.15) is 0 Å². The van der Waals surface area contributed by atoms with Crippen molar-refractivity contribution >= 4 is 22.9 Å². The SMILES string of the molecule is CC(=O)Nc1ccsc1CNCC1(O)CCCCCC1. The summed E-state index contributed by atoms with van der Waals surface area (Å²) >= 11 is 1.62. The van der Waals surface area contributed by atoms with E-state index in [9.17, 15) is 9.90 Å². The predicted molar refractivity (Wildman–Crippen MR) is 83.0 cm³/mol. The zero-order chi connectivity index (χ0) is 14.4. The minimum absolute atomic E-state index is 0.0490. The summed E-state index contributed by atoms with van der Waals surface area (Å²) < 4.78 is 0. The van der Waals surface area contributed by atoms with Gasteiger partial charge in [0.25, 0.3) is 0 Å². The van der Waals surface area contributed by atoms with Crippen molar-refractivity contribution in [1.29, 1.82) is 0 Å². The van der Waals surface area contributed by atoms with Crippen LogP contribution in [0.1, 0.15) is 50.3 Å². The molecule has 1 heterocycles. The zero-order valence-electron chi connectivity index (χ0n) is 12.1. The largest absolute Gasteiger partial charge is 0.389 e. The Labute approximate surface area is 124 Å². The number of aliphatic hydroxyl groups is 1. The first kappa shape index (κ1) is 15.5. The number of amides is 1. The first-order chi connectivity index (χ1) is 9.59. The number of anilines is 1. The van der Waals surface area contributed by atoms with Gasteiger partial charge in [0.2, 0.25) is 5.91 Å². The molecule has 1 aliphatic rings. The second-order valence-electron chi connectivity index (χ2n) is 5.68. The fraction of sp³-hybridized carbons (Fsp3) is 0.667. The lowest BCUT2D eigenvalue weighted by Gasteiger charge is -2.27. The van der Waals surface area contributed by atoms with Gasteiger partial charge in [-0.05, 0) is 24.3 Å². The maximum absolute atomic E-state index is 11.1. The average molecular weight is 296 g/mol. The van der Waals surface area contributed by atoms with Crippen molar-refractivity contribution in [3.63, 3.8) is 0 Å². The van der Waals surface area contributed by atoms with Crippen LogP contribution in [0.2, 0.25) is 0 Å². The van der Waals surface area contributed by atoms with E-state index in [-0.39, 0.29) is 5.91 Å². The molecule has 0 spiro atoms. The quantitative estimate of drug-likeness (QED) is 0.732. The van der Waals surface area contributed by atoms with Crippen molar-refractivity contribution in [2.24, 2.45) is 0 Å². The molecule has 0 aromatic carbocycles. The Morgan fingerprint density at radius 2 is 2.05 bits per heavy atom. The van der Waals surface area contributed by atoms with Crippen LogP contribution in [-0.2, 0) is 11.3 Å². The number of rotatable bonds is 5. The Hall–Kier alpha value is -0.910. The van der Waals surface area contributed by atoms with Gasteiger partial charge in [0, 0.05) is 24.9 Å². The summed E-state index contributed by atoms with van der Waals surface area (Å²) in [6, 6.07) is 1.92. The van der Waals surface area contributed by atoms with Gasteiger partial charge in [-0.1, -0.05) is 25.7 Å². The van der Waals surface area contributed by atoms with E-state index in [0.717, 1.165) is 36.2 Å². The summed E-state index contributed by atoms with van der Waals surface area (Å²) in [6.45, 7) is 2.84. The van der Waals surface area contributed by atoms with Gasteiger partial charge in [-0.15, -0.1) is 11.3 Å². The van der Waals surface area contributed by atoms with Crippen LogP contribution in [-0.4, -0.2) is 23.2 Å². The molecule has 0 radical (unpaired) electrons. The summed E-state index contributed by atoms with van der Waals surface area (Å²) in [5.74, 6) is -0.0490. The van der Waals surface area contributed by atoms with E-state index < -0.39 is 5.60 Å². The molecule has 1 amide bonds. The number of carbonyl (C=O) groups excluding carboxylic acids is 1. The third-order valence-electron chi connectivity index (χ3n) is 3.83. The molecule has 112 valence electrons. The van der Waals surface area contributed by atoms with Gasteiger partial charge >= 0.3 is 0 Å². The van der Waals surface area contributed by atoms with Crippen LogP contribution in [0.4, 0.5) is 5.69 Å². The van der Waals surface area contributed by atoms with Crippen LogP contribution in [0, 0.1) is 0 Å². The lowest BCUT2D eigenvalue weighted by Crippen LogP contribution is -2.39. The van der Waals surface area contributed by atoms with Crippen molar-refractivity contribution in [3.8, 4) is 0 Å². The van der Waals surface area contributed by atoms with E-state index in [4.69, 9.17) is 0 Å².